The molecule has 158 valence electrons. The van der Waals surface area contributed by atoms with Crippen molar-refractivity contribution in [3.8, 4) is 11.5 Å². The van der Waals surface area contributed by atoms with Gasteiger partial charge in [0.15, 0.2) is 11.5 Å². The molecule has 2 unspecified atom stereocenters. The van der Waals surface area contributed by atoms with Crippen LogP contribution in [0.5, 0.6) is 11.5 Å². The van der Waals surface area contributed by atoms with Crippen molar-refractivity contribution in [3.63, 3.8) is 0 Å². The van der Waals surface area contributed by atoms with Gasteiger partial charge < -0.3 is 14.8 Å². The molecular weight excluding hydrogens is 436 g/mol. The molecule has 2 aromatic carbocycles. The largest absolute Gasteiger partial charge is 0.504 e. The Balaban J connectivity index is 1.66. The molecule has 1 fully saturated rings. The number of nitrogens with one attached hydrogen (secondary N) is 1. The second kappa shape index (κ2) is 7.58. The van der Waals surface area contributed by atoms with Crippen LogP contribution in [0.2, 0.25) is 0 Å². The number of aromatic nitrogens is 1. The quantitative estimate of drug-likeness (QED) is 0.587. The highest BCUT2D eigenvalue weighted by Gasteiger charge is 2.56. The van der Waals surface area contributed by atoms with Crippen LogP contribution in [0.1, 0.15) is 23.3 Å². The minimum absolute atomic E-state index is 0.00505. The Labute approximate surface area is 185 Å². The number of nitrogens with zero attached hydrogens (tertiary/aromatic N) is 1. The molecule has 2 aliphatic rings. The fourth-order valence-electron chi connectivity index (χ4n) is 4.20. The average Bonchev–Trinajstić information content (AvgIpc) is 3.25. The number of carbonyl (C=O) groups is 2. The van der Waals surface area contributed by atoms with Gasteiger partial charge in [0, 0.05) is 10.8 Å². The van der Waals surface area contributed by atoms with E-state index in [9.17, 15) is 19.5 Å². The number of hydrogen-bond donors (Lipinski definition) is 2. The zero-order chi connectivity index (χ0) is 21.7. The van der Waals surface area contributed by atoms with Crippen molar-refractivity contribution >= 4 is 40.6 Å². The molecule has 2 aliphatic heterocycles. The number of phenols is 1. The van der Waals surface area contributed by atoms with Crippen LogP contribution < -0.4 is 14.5 Å². The zero-order valence-corrected chi connectivity index (χ0v) is 18.0. The first-order chi connectivity index (χ1) is 15.0. The molecule has 2 amide bonds. The number of rotatable bonds is 4. The Hall–Kier alpha value is -3.04. The van der Waals surface area contributed by atoms with Gasteiger partial charge in [-0.2, -0.15) is 0 Å². The summed E-state index contributed by atoms with van der Waals surface area (Å²) >= 11 is 2.29. The number of aromatic hydroxyl groups is 1. The van der Waals surface area contributed by atoms with Gasteiger partial charge in [0.1, 0.15) is 5.25 Å². The monoisotopic (exact) mass is 454 g/mol. The Bertz CT molecular complexity index is 1240. The first kappa shape index (κ1) is 19.9. The summed E-state index contributed by atoms with van der Waals surface area (Å²) in [4.78, 5) is 43.5. The molecule has 0 bridgehead atoms. The van der Waals surface area contributed by atoms with Gasteiger partial charge in [0.05, 0.1) is 23.2 Å². The second-order valence-corrected chi connectivity index (χ2v) is 9.42. The van der Waals surface area contributed by atoms with Crippen molar-refractivity contribution in [3.05, 3.63) is 68.6 Å². The second-order valence-electron chi connectivity index (χ2n) is 7.26. The summed E-state index contributed by atoms with van der Waals surface area (Å²) in [7, 11) is 0. The SMILES string of the molecule is CCOc1cc([C@H]2c3sc(=O)[nH]c3SC3C(=O)N(c4ccccc4)C(=O)C32)ccc1O. The number of hydrogen-bond acceptors (Lipinski definition) is 7. The number of imide groups is 1. The van der Waals surface area contributed by atoms with Crippen LogP contribution in [0, 0.1) is 5.92 Å². The van der Waals surface area contributed by atoms with Gasteiger partial charge in [-0.3, -0.25) is 14.4 Å². The van der Waals surface area contributed by atoms with E-state index in [0.29, 0.717) is 28.6 Å². The van der Waals surface area contributed by atoms with Crippen LogP contribution in [0.3, 0.4) is 0 Å². The van der Waals surface area contributed by atoms with Crippen molar-refractivity contribution in [2.45, 2.75) is 23.1 Å². The summed E-state index contributed by atoms with van der Waals surface area (Å²) in [6, 6.07) is 13.8. The van der Waals surface area contributed by atoms with Crippen LogP contribution in [-0.4, -0.2) is 33.8 Å². The number of thioether (sulfide) groups is 1. The standard InChI is InChI=1S/C22H18N2O5S2/c1-2-29-14-10-11(8-9-13(14)25)15-16-18(30-19-17(15)31-22(28)23-19)21(27)24(20(16)26)12-6-4-3-5-7-12/h3-10,15-16,18,25H,2H2,1H3,(H,23,28)/t15-,16?,18?/m1/s1. The maximum Gasteiger partial charge on any atom is 0.305 e. The molecule has 0 saturated carbocycles. The van der Waals surface area contributed by atoms with Crippen molar-refractivity contribution in [1.82, 2.24) is 4.98 Å². The maximum absolute atomic E-state index is 13.6. The van der Waals surface area contributed by atoms with Gasteiger partial charge in [-0.25, -0.2) is 4.90 Å². The molecule has 0 spiro atoms. The minimum Gasteiger partial charge on any atom is -0.504 e. The highest BCUT2D eigenvalue weighted by molar-refractivity contribution is 8.00. The number of fused-ring (bicyclic) bond motifs is 2. The highest BCUT2D eigenvalue weighted by Crippen LogP contribution is 2.53. The third-order valence-corrected chi connectivity index (χ3v) is 7.88. The molecule has 0 radical (unpaired) electrons. The average molecular weight is 455 g/mol. The Morgan fingerprint density at radius 3 is 2.61 bits per heavy atom. The lowest BCUT2D eigenvalue weighted by Gasteiger charge is -2.30. The number of aromatic amines is 1. The summed E-state index contributed by atoms with van der Waals surface area (Å²) in [5.41, 5.74) is 1.24. The third kappa shape index (κ3) is 3.16. The number of carbonyl (C=O) groups excluding carboxylic acids is 2. The Morgan fingerprint density at radius 1 is 1.10 bits per heavy atom. The van der Waals surface area contributed by atoms with E-state index in [-0.39, 0.29) is 22.4 Å². The molecule has 1 aromatic heterocycles. The van der Waals surface area contributed by atoms with Crippen molar-refractivity contribution in [2.75, 3.05) is 11.5 Å². The Morgan fingerprint density at radius 2 is 1.87 bits per heavy atom. The van der Waals surface area contributed by atoms with E-state index in [1.54, 1.807) is 36.4 Å². The number of anilines is 1. The summed E-state index contributed by atoms with van der Waals surface area (Å²) in [6.45, 7) is 2.18. The van der Waals surface area contributed by atoms with E-state index in [2.05, 4.69) is 4.98 Å². The lowest BCUT2D eigenvalue weighted by Crippen LogP contribution is -2.32. The Kier molecular flexibility index (Phi) is 4.86. The molecule has 7 nitrogen and oxygen atoms in total. The number of phenolic OH excluding ortho intramolecular Hbond substituents is 1. The molecule has 0 aliphatic carbocycles. The van der Waals surface area contributed by atoms with E-state index < -0.39 is 17.1 Å². The smallest absolute Gasteiger partial charge is 0.305 e. The van der Waals surface area contributed by atoms with Crippen molar-refractivity contribution in [2.24, 2.45) is 5.92 Å². The summed E-state index contributed by atoms with van der Waals surface area (Å²) in [5, 5.41) is 10.1. The van der Waals surface area contributed by atoms with Crippen LogP contribution in [0.15, 0.2) is 58.4 Å². The normalized spacial score (nSPS) is 22.4. The molecule has 3 heterocycles. The molecule has 5 rings (SSSR count). The van der Waals surface area contributed by atoms with E-state index in [0.717, 1.165) is 16.2 Å². The van der Waals surface area contributed by atoms with Crippen LogP contribution in [0.4, 0.5) is 5.69 Å². The lowest BCUT2D eigenvalue weighted by molar-refractivity contribution is -0.122. The van der Waals surface area contributed by atoms with Gasteiger partial charge in [0.2, 0.25) is 11.8 Å². The van der Waals surface area contributed by atoms with E-state index >= 15 is 0 Å². The topological polar surface area (TPSA) is 99.7 Å². The van der Waals surface area contributed by atoms with Gasteiger partial charge in [-0.05, 0) is 36.8 Å². The molecule has 31 heavy (non-hydrogen) atoms. The number of amides is 2. The first-order valence-electron chi connectivity index (χ1n) is 9.77. The number of ether oxygens (including phenoxy) is 1. The van der Waals surface area contributed by atoms with Gasteiger partial charge in [0.25, 0.3) is 0 Å². The number of para-hydroxylation sites is 1. The molecule has 3 atom stereocenters. The summed E-state index contributed by atoms with van der Waals surface area (Å²) in [5.74, 6) is -1.47. The van der Waals surface area contributed by atoms with E-state index in [1.165, 1.54) is 22.7 Å². The highest BCUT2D eigenvalue weighted by atomic mass is 32.2. The van der Waals surface area contributed by atoms with Crippen molar-refractivity contribution < 1.29 is 19.4 Å². The zero-order valence-electron chi connectivity index (χ0n) is 16.4. The maximum atomic E-state index is 13.6. The summed E-state index contributed by atoms with van der Waals surface area (Å²) in [6.07, 6.45) is 0. The van der Waals surface area contributed by atoms with Gasteiger partial charge >= 0.3 is 4.87 Å². The first-order valence-corrected chi connectivity index (χ1v) is 11.5. The van der Waals surface area contributed by atoms with E-state index in [1.807, 2.05) is 13.0 Å². The summed E-state index contributed by atoms with van der Waals surface area (Å²) < 4.78 is 5.53. The van der Waals surface area contributed by atoms with Crippen LogP contribution >= 0.6 is 23.1 Å². The number of H-pyrrole nitrogens is 1. The fraction of sp³-hybridized carbons (Fsp3) is 0.227. The minimum atomic E-state index is -0.671. The van der Waals surface area contributed by atoms with Crippen LogP contribution in [0.25, 0.3) is 0 Å². The van der Waals surface area contributed by atoms with Crippen molar-refractivity contribution in [1.29, 1.82) is 0 Å². The fourth-order valence-corrected chi connectivity index (χ4v) is 6.72. The molecule has 1 saturated heterocycles. The molecule has 9 heteroatoms. The third-order valence-electron chi connectivity index (χ3n) is 5.48. The van der Waals surface area contributed by atoms with E-state index in [4.69, 9.17) is 4.74 Å². The lowest BCUT2D eigenvalue weighted by atomic mass is 9.83. The van der Waals surface area contributed by atoms with Gasteiger partial charge in [-0.1, -0.05) is 47.4 Å². The van der Waals surface area contributed by atoms with Gasteiger partial charge in [-0.15, -0.1) is 0 Å². The predicted molar refractivity (Wildman–Crippen MR) is 118 cm³/mol. The predicted octanol–water partition coefficient (Wildman–Crippen LogP) is 3.34. The molecule has 3 aromatic rings. The van der Waals surface area contributed by atoms with Crippen LogP contribution in [-0.2, 0) is 9.59 Å². The molecular formula is C22H18N2O5S2. The number of benzene rings is 2. The molecule has 2 N–H and O–H groups in total. The number of thiazole rings is 1.